The van der Waals surface area contributed by atoms with Gasteiger partial charge in [-0.15, -0.1) is 0 Å². The van der Waals surface area contributed by atoms with Gasteiger partial charge >= 0.3 is 0 Å². The van der Waals surface area contributed by atoms with E-state index in [1.165, 1.54) is 12.8 Å². The average Bonchev–Trinajstić information content (AvgIpc) is 3.05. The molecule has 0 radical (unpaired) electrons. The molecule has 3 atom stereocenters. The number of rotatable bonds is 7. The van der Waals surface area contributed by atoms with Crippen molar-refractivity contribution in [1.29, 1.82) is 0 Å². The third kappa shape index (κ3) is 4.78. The maximum Gasteiger partial charge on any atom is 0.184 e. The second-order valence-corrected chi connectivity index (χ2v) is 6.00. The second kappa shape index (κ2) is 8.63. The van der Waals surface area contributed by atoms with E-state index < -0.39 is 0 Å². The van der Waals surface area contributed by atoms with Crippen molar-refractivity contribution in [2.45, 2.75) is 57.2 Å². The Balaban J connectivity index is 1.27. The van der Waals surface area contributed by atoms with E-state index in [0.717, 1.165) is 44.5 Å². The third-order valence-electron chi connectivity index (χ3n) is 4.18. The summed E-state index contributed by atoms with van der Waals surface area (Å²) in [7, 11) is 0. The van der Waals surface area contributed by atoms with Crippen LogP contribution in [0.1, 0.15) is 50.4 Å². The molecule has 4 heteroatoms. The van der Waals surface area contributed by atoms with Crippen LogP contribution in [0, 0.1) is 0 Å². The third-order valence-corrected chi connectivity index (χ3v) is 4.18. The van der Waals surface area contributed by atoms with Crippen molar-refractivity contribution in [2.75, 3.05) is 19.8 Å². The Bertz CT molecular complexity index is 416. The van der Waals surface area contributed by atoms with Gasteiger partial charge in [0, 0.05) is 18.8 Å². The lowest BCUT2D eigenvalue weighted by atomic mass is 10.1. The molecule has 1 aromatic carbocycles. The molecular formula is C18H26O4. The Morgan fingerprint density at radius 1 is 1.05 bits per heavy atom. The Labute approximate surface area is 132 Å². The summed E-state index contributed by atoms with van der Waals surface area (Å²) in [6.45, 7) is 2.31. The number of ether oxygens (including phenoxy) is 4. The zero-order chi connectivity index (χ0) is 15.0. The van der Waals surface area contributed by atoms with Crippen LogP contribution in [0.15, 0.2) is 30.3 Å². The fraction of sp³-hybridized carbons (Fsp3) is 0.667. The first-order chi connectivity index (χ1) is 10.9. The van der Waals surface area contributed by atoms with Crippen molar-refractivity contribution >= 4 is 0 Å². The molecule has 0 spiro atoms. The molecule has 0 amide bonds. The molecular weight excluding hydrogens is 280 g/mol. The highest BCUT2D eigenvalue weighted by atomic mass is 16.7. The molecule has 2 aliphatic heterocycles. The molecule has 122 valence electrons. The van der Waals surface area contributed by atoms with E-state index in [1.54, 1.807) is 0 Å². The number of hydrogen-bond donors (Lipinski definition) is 0. The molecule has 2 fully saturated rings. The molecule has 1 aromatic rings. The van der Waals surface area contributed by atoms with Crippen molar-refractivity contribution in [3.8, 4) is 0 Å². The molecule has 3 unspecified atom stereocenters. The Morgan fingerprint density at radius 2 is 1.95 bits per heavy atom. The molecule has 0 N–H and O–H groups in total. The highest BCUT2D eigenvalue weighted by molar-refractivity contribution is 5.16. The minimum Gasteiger partial charge on any atom is -0.353 e. The number of hydrogen-bond acceptors (Lipinski definition) is 4. The highest BCUT2D eigenvalue weighted by Crippen LogP contribution is 2.28. The molecule has 2 heterocycles. The van der Waals surface area contributed by atoms with Crippen molar-refractivity contribution in [1.82, 2.24) is 0 Å². The van der Waals surface area contributed by atoms with Gasteiger partial charge in [0.05, 0.1) is 12.7 Å². The normalized spacial score (nSPS) is 28.8. The Morgan fingerprint density at radius 3 is 2.77 bits per heavy atom. The van der Waals surface area contributed by atoms with Crippen molar-refractivity contribution in [3.05, 3.63) is 35.9 Å². The summed E-state index contributed by atoms with van der Waals surface area (Å²) in [5, 5.41) is 0. The van der Waals surface area contributed by atoms with Gasteiger partial charge in [-0.2, -0.15) is 0 Å². The van der Waals surface area contributed by atoms with Gasteiger partial charge in [0.25, 0.3) is 0 Å². The molecule has 2 saturated heterocycles. The number of benzene rings is 1. The minimum atomic E-state index is -0.196. The summed E-state index contributed by atoms with van der Waals surface area (Å²) in [4.78, 5) is 0. The van der Waals surface area contributed by atoms with Crippen molar-refractivity contribution in [2.24, 2.45) is 0 Å². The molecule has 0 bridgehead atoms. The predicted molar refractivity (Wildman–Crippen MR) is 83.4 cm³/mol. The fourth-order valence-corrected chi connectivity index (χ4v) is 2.92. The molecule has 3 rings (SSSR count). The lowest BCUT2D eigenvalue weighted by Gasteiger charge is -2.22. The smallest absolute Gasteiger partial charge is 0.184 e. The first-order valence-electron chi connectivity index (χ1n) is 8.47. The lowest BCUT2D eigenvalue weighted by Crippen LogP contribution is -2.22. The van der Waals surface area contributed by atoms with Crippen LogP contribution in [-0.2, 0) is 18.9 Å². The SMILES string of the molecule is c1ccc(C2OCC(CCCCOC3CCCCO3)O2)cc1. The summed E-state index contributed by atoms with van der Waals surface area (Å²) in [5.41, 5.74) is 1.10. The van der Waals surface area contributed by atoms with Gasteiger partial charge in [-0.3, -0.25) is 0 Å². The van der Waals surface area contributed by atoms with E-state index in [4.69, 9.17) is 18.9 Å². The van der Waals surface area contributed by atoms with Crippen LogP contribution in [0.5, 0.6) is 0 Å². The first kappa shape index (κ1) is 15.9. The van der Waals surface area contributed by atoms with E-state index in [-0.39, 0.29) is 18.7 Å². The Hall–Kier alpha value is -0.940. The topological polar surface area (TPSA) is 36.9 Å². The summed E-state index contributed by atoms with van der Waals surface area (Å²) < 4.78 is 23.0. The molecule has 4 nitrogen and oxygen atoms in total. The van der Waals surface area contributed by atoms with Gasteiger partial charge in [-0.25, -0.2) is 0 Å². The van der Waals surface area contributed by atoms with Crippen molar-refractivity contribution < 1.29 is 18.9 Å². The number of unbranched alkanes of at least 4 members (excludes halogenated alkanes) is 1. The molecule has 22 heavy (non-hydrogen) atoms. The van der Waals surface area contributed by atoms with Gasteiger partial charge in [0.15, 0.2) is 12.6 Å². The van der Waals surface area contributed by atoms with Gasteiger partial charge in [0.1, 0.15) is 0 Å². The van der Waals surface area contributed by atoms with Crippen LogP contribution < -0.4 is 0 Å². The van der Waals surface area contributed by atoms with Gasteiger partial charge < -0.3 is 18.9 Å². The zero-order valence-electron chi connectivity index (χ0n) is 13.1. The van der Waals surface area contributed by atoms with E-state index in [2.05, 4.69) is 0 Å². The molecule has 0 aliphatic carbocycles. The van der Waals surface area contributed by atoms with Crippen LogP contribution >= 0.6 is 0 Å². The first-order valence-corrected chi connectivity index (χ1v) is 8.47. The average molecular weight is 306 g/mol. The second-order valence-electron chi connectivity index (χ2n) is 6.00. The maximum absolute atomic E-state index is 5.96. The summed E-state index contributed by atoms with van der Waals surface area (Å²) in [5.74, 6) is 0. The quantitative estimate of drug-likeness (QED) is 0.718. The highest BCUT2D eigenvalue weighted by Gasteiger charge is 2.26. The van der Waals surface area contributed by atoms with E-state index in [0.29, 0.717) is 6.61 Å². The molecule has 0 saturated carbocycles. The van der Waals surface area contributed by atoms with Crippen molar-refractivity contribution in [3.63, 3.8) is 0 Å². The zero-order valence-corrected chi connectivity index (χ0v) is 13.1. The largest absolute Gasteiger partial charge is 0.353 e. The molecule has 2 aliphatic rings. The lowest BCUT2D eigenvalue weighted by molar-refractivity contribution is -0.163. The minimum absolute atomic E-state index is 0.0299. The van der Waals surface area contributed by atoms with E-state index in [1.807, 2.05) is 30.3 Å². The fourth-order valence-electron chi connectivity index (χ4n) is 2.92. The predicted octanol–water partition coefficient (Wildman–Crippen LogP) is 3.81. The Kier molecular flexibility index (Phi) is 6.25. The van der Waals surface area contributed by atoms with Gasteiger partial charge in [-0.1, -0.05) is 30.3 Å². The van der Waals surface area contributed by atoms with Crippen LogP contribution in [0.3, 0.4) is 0 Å². The van der Waals surface area contributed by atoms with Crippen LogP contribution in [0.25, 0.3) is 0 Å². The monoisotopic (exact) mass is 306 g/mol. The van der Waals surface area contributed by atoms with Gasteiger partial charge in [0.2, 0.25) is 0 Å². The van der Waals surface area contributed by atoms with Crippen LogP contribution in [0.4, 0.5) is 0 Å². The standard InChI is InChI=1S/C18H26O4/c1-2-8-15(9-3-1)18-21-14-16(22-18)10-4-6-12-19-17-11-5-7-13-20-17/h1-3,8-9,16-18H,4-7,10-14H2. The summed E-state index contributed by atoms with van der Waals surface area (Å²) in [6.07, 6.45) is 6.64. The van der Waals surface area contributed by atoms with E-state index >= 15 is 0 Å². The summed E-state index contributed by atoms with van der Waals surface area (Å²) >= 11 is 0. The summed E-state index contributed by atoms with van der Waals surface area (Å²) in [6, 6.07) is 10.1. The van der Waals surface area contributed by atoms with Crippen LogP contribution in [0.2, 0.25) is 0 Å². The maximum atomic E-state index is 5.96. The van der Waals surface area contributed by atoms with Crippen LogP contribution in [-0.4, -0.2) is 32.2 Å². The molecule has 0 aromatic heterocycles. The van der Waals surface area contributed by atoms with Gasteiger partial charge in [-0.05, 0) is 38.5 Å². The van der Waals surface area contributed by atoms with E-state index in [9.17, 15) is 0 Å².